The van der Waals surface area contributed by atoms with Crippen LogP contribution >= 0.6 is 0 Å². The molecule has 3 aromatic rings. The lowest BCUT2D eigenvalue weighted by Crippen LogP contribution is -2.24. The third-order valence-electron chi connectivity index (χ3n) is 4.98. The molecule has 3 rings (SSSR count). The molecule has 0 saturated carbocycles. The molecule has 0 unspecified atom stereocenters. The van der Waals surface area contributed by atoms with Gasteiger partial charge in [-0.05, 0) is 93.3 Å². The van der Waals surface area contributed by atoms with Gasteiger partial charge in [0.25, 0.3) is 0 Å². The third kappa shape index (κ3) is 6.72. The number of nitrogens with one attached hydrogen (secondary N) is 1. The van der Waals surface area contributed by atoms with Gasteiger partial charge in [0, 0.05) is 5.69 Å². The third-order valence-corrected chi connectivity index (χ3v) is 4.98. The predicted molar refractivity (Wildman–Crippen MR) is 128 cm³/mol. The van der Waals surface area contributed by atoms with Crippen LogP contribution in [0.5, 0.6) is 11.5 Å². The Morgan fingerprint density at radius 1 is 0.848 bits per heavy atom. The number of ether oxygens (including phenoxy) is 3. The van der Waals surface area contributed by atoms with E-state index in [9.17, 15) is 9.18 Å². The van der Waals surface area contributed by atoms with Gasteiger partial charge in [-0.25, -0.2) is 9.18 Å². The summed E-state index contributed by atoms with van der Waals surface area (Å²) in [5.74, 6) is 0.637. The number of carbonyl (C=O) groups excluding carboxylic acids is 1. The highest BCUT2D eigenvalue weighted by atomic mass is 19.1. The molecule has 0 amide bonds. The molecule has 0 aliphatic heterocycles. The van der Waals surface area contributed by atoms with Gasteiger partial charge in [0.15, 0.2) is 11.5 Å². The van der Waals surface area contributed by atoms with Crippen molar-refractivity contribution < 1.29 is 23.4 Å². The normalized spacial score (nSPS) is 11.1. The zero-order valence-corrected chi connectivity index (χ0v) is 19.7. The molecule has 174 valence electrons. The van der Waals surface area contributed by atoms with Gasteiger partial charge in [-0.15, -0.1) is 0 Å². The fourth-order valence-corrected chi connectivity index (χ4v) is 3.37. The van der Waals surface area contributed by atoms with Crippen LogP contribution in [0.25, 0.3) is 0 Å². The van der Waals surface area contributed by atoms with E-state index in [2.05, 4.69) is 5.32 Å². The first-order valence-corrected chi connectivity index (χ1v) is 10.8. The highest BCUT2D eigenvalue weighted by molar-refractivity contribution is 5.97. The van der Waals surface area contributed by atoms with Gasteiger partial charge in [0.2, 0.25) is 0 Å². The number of halogens is 1. The van der Waals surface area contributed by atoms with Crippen LogP contribution in [0, 0.1) is 5.82 Å². The second-order valence-corrected chi connectivity index (χ2v) is 8.70. The minimum Gasteiger partial charge on any atom is -0.493 e. The van der Waals surface area contributed by atoms with E-state index in [0.29, 0.717) is 28.4 Å². The smallest absolute Gasteiger partial charge is 0.340 e. The molecular weight excluding hydrogens is 421 g/mol. The predicted octanol–water partition coefficient (Wildman–Crippen LogP) is 6.33. The first-order valence-electron chi connectivity index (χ1n) is 10.8. The molecule has 0 aliphatic rings. The number of aryl methyl sites for hydroxylation is 2. The first kappa shape index (κ1) is 24.1. The molecule has 0 saturated heterocycles. The molecule has 0 heterocycles. The summed E-state index contributed by atoms with van der Waals surface area (Å²) in [6.45, 7) is 5.49. The minimum atomic E-state index is -0.615. The lowest BCUT2D eigenvalue weighted by atomic mass is 10.0. The fraction of sp³-hybridized carbons (Fsp3) is 0.296. The van der Waals surface area contributed by atoms with Crippen molar-refractivity contribution in [3.05, 3.63) is 83.2 Å². The second kappa shape index (κ2) is 10.4. The van der Waals surface area contributed by atoms with E-state index in [0.717, 1.165) is 24.0 Å². The SMILES string of the molecule is COc1ccc(CCc2ccc(C(=O)OC(C)(C)C)c(Nc3ccc(F)cc3)c2)cc1OC. The van der Waals surface area contributed by atoms with E-state index in [-0.39, 0.29) is 5.82 Å². The summed E-state index contributed by atoms with van der Waals surface area (Å²) in [4.78, 5) is 12.8. The van der Waals surface area contributed by atoms with Crippen molar-refractivity contribution in [3.8, 4) is 11.5 Å². The van der Waals surface area contributed by atoms with E-state index < -0.39 is 11.6 Å². The van der Waals surface area contributed by atoms with Crippen LogP contribution < -0.4 is 14.8 Å². The van der Waals surface area contributed by atoms with Gasteiger partial charge in [-0.3, -0.25) is 0 Å². The Labute approximate surface area is 194 Å². The van der Waals surface area contributed by atoms with E-state index in [1.807, 2.05) is 51.1 Å². The molecule has 0 radical (unpaired) electrons. The Morgan fingerprint density at radius 2 is 1.45 bits per heavy atom. The second-order valence-electron chi connectivity index (χ2n) is 8.70. The Balaban J connectivity index is 1.85. The summed E-state index contributed by atoms with van der Waals surface area (Å²) in [6, 6.07) is 17.5. The van der Waals surface area contributed by atoms with Crippen molar-refractivity contribution in [1.29, 1.82) is 0 Å². The Bertz CT molecular complexity index is 1100. The monoisotopic (exact) mass is 451 g/mol. The zero-order chi connectivity index (χ0) is 24.0. The maximum absolute atomic E-state index is 13.3. The maximum atomic E-state index is 13.3. The van der Waals surface area contributed by atoms with Gasteiger partial charge in [0.1, 0.15) is 11.4 Å². The van der Waals surface area contributed by atoms with Crippen LogP contribution in [0.4, 0.5) is 15.8 Å². The summed E-state index contributed by atoms with van der Waals surface area (Å²) < 4.78 is 29.6. The number of benzene rings is 3. The lowest BCUT2D eigenvalue weighted by Gasteiger charge is -2.21. The first-order chi connectivity index (χ1) is 15.7. The van der Waals surface area contributed by atoms with Crippen molar-refractivity contribution >= 4 is 17.3 Å². The molecule has 5 nitrogen and oxygen atoms in total. The van der Waals surface area contributed by atoms with E-state index >= 15 is 0 Å². The van der Waals surface area contributed by atoms with Crippen LogP contribution in [-0.2, 0) is 17.6 Å². The fourth-order valence-electron chi connectivity index (χ4n) is 3.37. The van der Waals surface area contributed by atoms with Crippen LogP contribution in [0.15, 0.2) is 60.7 Å². The molecular formula is C27H30FNO4. The summed E-state index contributed by atoms with van der Waals surface area (Å²) in [5, 5.41) is 3.23. The summed E-state index contributed by atoms with van der Waals surface area (Å²) in [5.41, 5.74) is 3.25. The van der Waals surface area contributed by atoms with Crippen LogP contribution in [0.1, 0.15) is 42.3 Å². The lowest BCUT2D eigenvalue weighted by molar-refractivity contribution is 0.00707. The number of methoxy groups -OCH3 is 2. The molecule has 0 aromatic heterocycles. The quantitative estimate of drug-likeness (QED) is 0.406. The molecule has 0 aliphatic carbocycles. The standard InChI is InChI=1S/C27H30FNO4/c1-27(2,3)33-26(30)22-14-8-18(16-23(22)29-21-12-10-20(28)11-13-21)6-7-19-9-15-24(31-4)25(17-19)32-5/h8-17,29H,6-7H2,1-5H3. The van der Waals surface area contributed by atoms with E-state index in [1.54, 1.807) is 32.4 Å². The molecule has 0 bridgehead atoms. The molecule has 0 atom stereocenters. The van der Waals surface area contributed by atoms with Crippen molar-refractivity contribution in [2.45, 2.75) is 39.2 Å². The van der Waals surface area contributed by atoms with E-state index in [1.165, 1.54) is 12.1 Å². The molecule has 0 fully saturated rings. The number of hydrogen-bond donors (Lipinski definition) is 1. The van der Waals surface area contributed by atoms with Gasteiger partial charge < -0.3 is 19.5 Å². The van der Waals surface area contributed by atoms with Crippen molar-refractivity contribution in [3.63, 3.8) is 0 Å². The molecule has 0 spiro atoms. The number of hydrogen-bond acceptors (Lipinski definition) is 5. The van der Waals surface area contributed by atoms with Crippen molar-refractivity contribution in [2.24, 2.45) is 0 Å². The Hall–Kier alpha value is -3.54. The summed E-state index contributed by atoms with van der Waals surface area (Å²) in [7, 11) is 3.23. The van der Waals surface area contributed by atoms with Gasteiger partial charge in [0.05, 0.1) is 25.5 Å². The number of anilines is 2. The Kier molecular flexibility index (Phi) is 7.59. The van der Waals surface area contributed by atoms with Crippen molar-refractivity contribution in [1.82, 2.24) is 0 Å². The van der Waals surface area contributed by atoms with E-state index in [4.69, 9.17) is 14.2 Å². The average molecular weight is 452 g/mol. The highest BCUT2D eigenvalue weighted by Crippen LogP contribution is 2.29. The number of carbonyl (C=O) groups is 1. The Morgan fingerprint density at radius 3 is 2.06 bits per heavy atom. The average Bonchev–Trinajstić information content (AvgIpc) is 2.78. The van der Waals surface area contributed by atoms with Gasteiger partial charge >= 0.3 is 5.97 Å². The minimum absolute atomic E-state index is 0.323. The highest BCUT2D eigenvalue weighted by Gasteiger charge is 2.21. The largest absolute Gasteiger partial charge is 0.493 e. The van der Waals surface area contributed by atoms with Crippen LogP contribution in [-0.4, -0.2) is 25.8 Å². The number of esters is 1. The number of rotatable bonds is 8. The molecule has 33 heavy (non-hydrogen) atoms. The van der Waals surface area contributed by atoms with Crippen LogP contribution in [0.3, 0.4) is 0 Å². The summed E-state index contributed by atoms with van der Waals surface area (Å²) in [6.07, 6.45) is 1.53. The topological polar surface area (TPSA) is 56.8 Å². The molecule has 3 aromatic carbocycles. The van der Waals surface area contributed by atoms with Crippen LogP contribution in [0.2, 0.25) is 0 Å². The maximum Gasteiger partial charge on any atom is 0.340 e. The zero-order valence-electron chi connectivity index (χ0n) is 19.7. The van der Waals surface area contributed by atoms with Gasteiger partial charge in [-0.1, -0.05) is 12.1 Å². The van der Waals surface area contributed by atoms with Crippen molar-refractivity contribution in [2.75, 3.05) is 19.5 Å². The van der Waals surface area contributed by atoms with Gasteiger partial charge in [-0.2, -0.15) is 0 Å². The molecule has 6 heteroatoms. The summed E-state index contributed by atoms with van der Waals surface area (Å²) >= 11 is 0. The molecule has 1 N–H and O–H groups in total.